The molecule has 0 amide bonds. The minimum absolute atomic E-state index is 0.0540. The molecule has 26 heavy (non-hydrogen) atoms. The minimum atomic E-state index is -3.42. The summed E-state index contributed by atoms with van der Waals surface area (Å²) in [4.78, 5) is 0.433. The van der Waals surface area contributed by atoms with Crippen molar-refractivity contribution in [3.8, 4) is 0 Å². The number of aliphatic hydroxyl groups is 1. The normalized spacial score (nSPS) is 31.0. The average Bonchev–Trinajstić information content (AvgIpc) is 2.73. The number of allylic oxidation sites excluding steroid dienone is 1. The predicted molar refractivity (Wildman–Crippen MR) is 106 cm³/mol. The summed E-state index contributed by atoms with van der Waals surface area (Å²) in [6.45, 7) is 4.16. The first-order valence-electron chi connectivity index (χ1n) is 10.1. The molecule has 0 fully saturated rings. The number of hydrogen-bond acceptors (Lipinski definition) is 3. The Bertz CT molecular complexity index is 765. The summed E-state index contributed by atoms with van der Waals surface area (Å²) in [5.74, 6) is -0.140. The van der Waals surface area contributed by atoms with Gasteiger partial charge < -0.3 is 5.11 Å². The summed E-state index contributed by atoms with van der Waals surface area (Å²) >= 11 is 0. The van der Waals surface area contributed by atoms with Gasteiger partial charge in [-0.3, -0.25) is 0 Å². The maximum atomic E-state index is 13.3. The van der Waals surface area contributed by atoms with Gasteiger partial charge >= 0.3 is 0 Å². The van der Waals surface area contributed by atoms with Crippen LogP contribution in [0.3, 0.4) is 0 Å². The van der Waals surface area contributed by atoms with Crippen molar-refractivity contribution in [3.63, 3.8) is 0 Å². The van der Waals surface area contributed by atoms with Crippen molar-refractivity contribution in [1.82, 2.24) is 0 Å². The van der Waals surface area contributed by atoms with Crippen LogP contribution in [0, 0.1) is 5.41 Å². The van der Waals surface area contributed by atoms with E-state index < -0.39 is 21.4 Å². The molecule has 1 heterocycles. The number of benzene rings is 1. The van der Waals surface area contributed by atoms with Crippen LogP contribution >= 0.6 is 0 Å². The minimum Gasteiger partial charge on any atom is -0.392 e. The van der Waals surface area contributed by atoms with E-state index >= 15 is 0 Å². The van der Waals surface area contributed by atoms with E-state index in [0.29, 0.717) is 11.3 Å². The van der Waals surface area contributed by atoms with Crippen LogP contribution in [0.15, 0.2) is 40.8 Å². The zero-order valence-corrected chi connectivity index (χ0v) is 16.9. The fraction of sp³-hybridized carbons (Fsp3) is 0.636. The molecule has 0 spiro atoms. The fourth-order valence-corrected chi connectivity index (χ4v) is 7.14. The van der Waals surface area contributed by atoms with Crippen LogP contribution in [0.4, 0.5) is 0 Å². The van der Waals surface area contributed by atoms with Crippen molar-refractivity contribution in [2.75, 3.05) is 5.75 Å². The zero-order chi connectivity index (χ0) is 18.8. The van der Waals surface area contributed by atoms with Gasteiger partial charge in [-0.15, -0.1) is 0 Å². The Morgan fingerprint density at radius 3 is 2.62 bits per heavy atom. The largest absolute Gasteiger partial charge is 0.392 e. The molecule has 3 rings (SSSR count). The fourth-order valence-electron chi connectivity index (χ4n) is 4.87. The van der Waals surface area contributed by atoms with E-state index in [2.05, 4.69) is 13.0 Å². The van der Waals surface area contributed by atoms with Crippen molar-refractivity contribution in [1.29, 1.82) is 0 Å². The zero-order valence-electron chi connectivity index (χ0n) is 16.1. The van der Waals surface area contributed by atoms with E-state index in [-0.39, 0.29) is 11.7 Å². The van der Waals surface area contributed by atoms with E-state index in [1.165, 1.54) is 12.0 Å². The molecule has 1 aliphatic heterocycles. The Kier molecular flexibility index (Phi) is 5.93. The first-order chi connectivity index (χ1) is 12.4. The summed E-state index contributed by atoms with van der Waals surface area (Å²) in [7, 11) is -3.42. The molecule has 0 aromatic heterocycles. The standard InChI is InChI=1S/C22H32O3S/c1-3-5-15-22(4-2)16-26(24,25)19-14-10-9-13-18(19)20(21(22)23)17-11-7-6-8-12-17/h9-11,13-14,20-21,23H,3-8,12,15-16H2,1-2H3/t20-,21-,22-/m1/s1. The number of fused-ring (bicyclic) bond motifs is 1. The lowest BCUT2D eigenvalue weighted by molar-refractivity contribution is 0.0155. The number of sulfone groups is 1. The Labute approximate surface area is 158 Å². The van der Waals surface area contributed by atoms with Crippen molar-refractivity contribution in [2.24, 2.45) is 5.41 Å². The van der Waals surface area contributed by atoms with Gasteiger partial charge in [0.1, 0.15) is 0 Å². The molecule has 0 radical (unpaired) electrons. The third kappa shape index (κ3) is 3.50. The summed E-state index contributed by atoms with van der Waals surface area (Å²) in [6, 6.07) is 7.36. The molecule has 1 N–H and O–H groups in total. The van der Waals surface area contributed by atoms with Crippen LogP contribution in [0.2, 0.25) is 0 Å². The van der Waals surface area contributed by atoms with Gasteiger partial charge in [0.25, 0.3) is 0 Å². The molecule has 0 unspecified atom stereocenters. The number of hydrogen-bond donors (Lipinski definition) is 1. The topological polar surface area (TPSA) is 54.4 Å². The van der Waals surface area contributed by atoms with Gasteiger partial charge in [0.15, 0.2) is 9.84 Å². The van der Waals surface area contributed by atoms with Gasteiger partial charge in [-0.2, -0.15) is 0 Å². The van der Waals surface area contributed by atoms with Gasteiger partial charge in [-0.1, -0.05) is 56.5 Å². The molecule has 2 aliphatic rings. The smallest absolute Gasteiger partial charge is 0.179 e. The van der Waals surface area contributed by atoms with Crippen LogP contribution in [-0.2, 0) is 9.84 Å². The van der Waals surface area contributed by atoms with E-state index in [1.807, 2.05) is 19.1 Å². The molecule has 1 aromatic carbocycles. The number of aliphatic hydroxyl groups excluding tert-OH is 1. The third-order valence-electron chi connectivity index (χ3n) is 6.47. The van der Waals surface area contributed by atoms with Crippen molar-refractivity contribution in [2.45, 2.75) is 82.1 Å². The van der Waals surface area contributed by atoms with Gasteiger partial charge in [0.05, 0.1) is 16.8 Å². The molecular formula is C22H32O3S. The molecule has 1 aliphatic carbocycles. The summed E-state index contributed by atoms with van der Waals surface area (Å²) in [5.41, 5.74) is 1.47. The molecule has 0 saturated heterocycles. The molecule has 0 bridgehead atoms. The highest BCUT2D eigenvalue weighted by molar-refractivity contribution is 7.91. The second kappa shape index (κ2) is 7.85. The first-order valence-corrected chi connectivity index (χ1v) is 11.8. The lowest BCUT2D eigenvalue weighted by Gasteiger charge is -2.40. The highest BCUT2D eigenvalue weighted by Crippen LogP contribution is 2.50. The molecule has 3 atom stereocenters. The van der Waals surface area contributed by atoms with E-state index in [4.69, 9.17) is 0 Å². The summed E-state index contributed by atoms with van der Waals surface area (Å²) in [5, 5.41) is 11.6. The monoisotopic (exact) mass is 376 g/mol. The lowest BCUT2D eigenvalue weighted by atomic mass is 9.68. The Morgan fingerprint density at radius 2 is 1.96 bits per heavy atom. The Balaban J connectivity index is 2.19. The third-order valence-corrected chi connectivity index (χ3v) is 8.46. The average molecular weight is 377 g/mol. The van der Waals surface area contributed by atoms with E-state index in [0.717, 1.165) is 44.1 Å². The second-order valence-electron chi connectivity index (χ2n) is 8.06. The molecule has 0 saturated carbocycles. The quantitative estimate of drug-likeness (QED) is 0.735. The van der Waals surface area contributed by atoms with E-state index in [1.54, 1.807) is 12.1 Å². The van der Waals surface area contributed by atoms with Crippen LogP contribution in [0.5, 0.6) is 0 Å². The number of unbranched alkanes of at least 4 members (excludes halogenated alkanes) is 1. The van der Waals surface area contributed by atoms with Crippen molar-refractivity contribution >= 4 is 9.84 Å². The Morgan fingerprint density at radius 1 is 1.19 bits per heavy atom. The lowest BCUT2D eigenvalue weighted by Crippen LogP contribution is -2.42. The van der Waals surface area contributed by atoms with Gasteiger partial charge in [0.2, 0.25) is 0 Å². The predicted octanol–water partition coefficient (Wildman–Crippen LogP) is 5.01. The molecule has 4 heteroatoms. The van der Waals surface area contributed by atoms with Crippen LogP contribution in [-0.4, -0.2) is 25.4 Å². The number of rotatable bonds is 5. The summed E-state index contributed by atoms with van der Waals surface area (Å²) < 4.78 is 26.5. The molecular weight excluding hydrogens is 344 g/mol. The molecule has 144 valence electrons. The summed E-state index contributed by atoms with van der Waals surface area (Å²) in [6.07, 6.45) is 9.30. The highest BCUT2D eigenvalue weighted by Gasteiger charge is 2.49. The van der Waals surface area contributed by atoms with Crippen LogP contribution in [0.25, 0.3) is 0 Å². The maximum Gasteiger partial charge on any atom is 0.179 e. The second-order valence-corrected chi connectivity index (χ2v) is 10.0. The van der Waals surface area contributed by atoms with Crippen LogP contribution in [0.1, 0.15) is 76.7 Å². The highest BCUT2D eigenvalue weighted by atomic mass is 32.2. The SMILES string of the molecule is CCCC[C@]1(CC)CS(=O)(=O)c2ccccc2[C@@H](C2=CCCCC2)[C@H]1O. The van der Waals surface area contributed by atoms with Gasteiger partial charge in [-0.25, -0.2) is 8.42 Å². The molecule has 3 nitrogen and oxygen atoms in total. The van der Waals surface area contributed by atoms with Gasteiger partial charge in [0, 0.05) is 11.3 Å². The maximum absolute atomic E-state index is 13.3. The van der Waals surface area contributed by atoms with Crippen LogP contribution < -0.4 is 0 Å². The molecule has 1 aromatic rings. The van der Waals surface area contributed by atoms with Crippen molar-refractivity contribution in [3.05, 3.63) is 41.5 Å². The van der Waals surface area contributed by atoms with Crippen molar-refractivity contribution < 1.29 is 13.5 Å². The Hall–Kier alpha value is -1.13. The first kappa shape index (κ1) is 19.6. The van der Waals surface area contributed by atoms with Gasteiger partial charge in [-0.05, 0) is 50.2 Å². The van der Waals surface area contributed by atoms with E-state index in [9.17, 15) is 13.5 Å².